The predicted octanol–water partition coefficient (Wildman–Crippen LogP) is 2.21. The zero-order chi connectivity index (χ0) is 18.6. The molecule has 7 nitrogen and oxygen atoms in total. The van der Waals surface area contributed by atoms with Gasteiger partial charge in [-0.15, -0.1) is 5.10 Å². The zero-order valence-corrected chi connectivity index (χ0v) is 15.5. The Balaban J connectivity index is 1.34. The molecule has 3 aromatic rings. The Hall–Kier alpha value is -2.93. The summed E-state index contributed by atoms with van der Waals surface area (Å²) in [5.74, 6) is 0.143. The van der Waals surface area contributed by atoms with Gasteiger partial charge in [0.1, 0.15) is 6.33 Å². The second-order valence-electron chi connectivity index (χ2n) is 6.42. The molecule has 0 unspecified atom stereocenters. The van der Waals surface area contributed by atoms with E-state index in [4.69, 9.17) is 11.6 Å². The standard InChI is InChI=1S/C19H19ClN6O/c20-17-3-1-2-4-18(17)24-9-11-25(12-10-24)19(27)13-15-5-7-16(8-6-15)26-14-21-22-23-26/h1-8,14H,9-13H2. The molecule has 1 saturated heterocycles. The first-order valence-corrected chi connectivity index (χ1v) is 9.18. The molecule has 0 spiro atoms. The highest BCUT2D eigenvalue weighted by molar-refractivity contribution is 6.33. The van der Waals surface area contributed by atoms with Crippen LogP contribution in [0, 0.1) is 0 Å². The second kappa shape index (κ2) is 7.75. The number of amides is 1. The highest BCUT2D eigenvalue weighted by Crippen LogP contribution is 2.26. The molecule has 138 valence electrons. The minimum Gasteiger partial charge on any atom is -0.367 e. The molecule has 0 atom stereocenters. The van der Waals surface area contributed by atoms with Crippen LogP contribution in [0.25, 0.3) is 5.69 Å². The van der Waals surface area contributed by atoms with Crippen molar-refractivity contribution in [1.29, 1.82) is 0 Å². The van der Waals surface area contributed by atoms with Crippen LogP contribution in [-0.4, -0.2) is 57.2 Å². The SMILES string of the molecule is O=C(Cc1ccc(-n2cnnn2)cc1)N1CCN(c2ccccc2Cl)CC1. The molecule has 0 aliphatic carbocycles. The number of rotatable bonds is 4. The smallest absolute Gasteiger partial charge is 0.227 e. The fraction of sp³-hybridized carbons (Fsp3) is 0.263. The van der Waals surface area contributed by atoms with Gasteiger partial charge in [-0.1, -0.05) is 35.9 Å². The lowest BCUT2D eigenvalue weighted by Gasteiger charge is -2.36. The Kier molecular flexibility index (Phi) is 5.02. The number of halogens is 1. The summed E-state index contributed by atoms with van der Waals surface area (Å²) >= 11 is 6.28. The number of carbonyl (C=O) groups is 1. The maximum atomic E-state index is 12.6. The van der Waals surface area contributed by atoms with E-state index in [-0.39, 0.29) is 5.91 Å². The third-order valence-electron chi connectivity index (χ3n) is 4.73. The average Bonchev–Trinajstić information content (AvgIpc) is 3.24. The Bertz CT molecular complexity index is 904. The van der Waals surface area contributed by atoms with Crippen LogP contribution in [0.4, 0.5) is 5.69 Å². The van der Waals surface area contributed by atoms with Gasteiger partial charge < -0.3 is 9.80 Å². The van der Waals surface area contributed by atoms with Gasteiger partial charge in [-0.25, -0.2) is 4.68 Å². The Labute approximate surface area is 162 Å². The van der Waals surface area contributed by atoms with E-state index < -0.39 is 0 Å². The van der Waals surface area contributed by atoms with Crippen LogP contribution >= 0.6 is 11.6 Å². The summed E-state index contributed by atoms with van der Waals surface area (Å²) in [5.41, 5.74) is 2.87. The fourth-order valence-electron chi connectivity index (χ4n) is 3.24. The Morgan fingerprint density at radius 2 is 1.74 bits per heavy atom. The van der Waals surface area contributed by atoms with E-state index in [0.717, 1.165) is 35.1 Å². The topological polar surface area (TPSA) is 67.2 Å². The molecule has 4 rings (SSSR count). The first kappa shape index (κ1) is 17.5. The number of para-hydroxylation sites is 1. The van der Waals surface area contributed by atoms with Crippen molar-refractivity contribution in [1.82, 2.24) is 25.1 Å². The number of nitrogens with zero attached hydrogens (tertiary/aromatic N) is 6. The maximum Gasteiger partial charge on any atom is 0.227 e. The summed E-state index contributed by atoms with van der Waals surface area (Å²) in [4.78, 5) is 16.8. The minimum atomic E-state index is 0.143. The summed E-state index contributed by atoms with van der Waals surface area (Å²) in [7, 11) is 0. The molecule has 0 radical (unpaired) electrons. The fourth-order valence-corrected chi connectivity index (χ4v) is 3.49. The van der Waals surface area contributed by atoms with Gasteiger partial charge in [-0.3, -0.25) is 4.79 Å². The van der Waals surface area contributed by atoms with Crippen molar-refractivity contribution in [2.45, 2.75) is 6.42 Å². The molecule has 1 amide bonds. The van der Waals surface area contributed by atoms with Gasteiger partial charge in [0, 0.05) is 26.2 Å². The number of hydrogen-bond donors (Lipinski definition) is 0. The number of benzene rings is 2. The van der Waals surface area contributed by atoms with Gasteiger partial charge in [-0.2, -0.15) is 0 Å². The van der Waals surface area contributed by atoms with Gasteiger partial charge in [0.05, 0.1) is 22.8 Å². The maximum absolute atomic E-state index is 12.6. The summed E-state index contributed by atoms with van der Waals surface area (Å²) in [6.45, 7) is 2.97. The van der Waals surface area contributed by atoms with Crippen LogP contribution in [0.3, 0.4) is 0 Å². The molecule has 2 aromatic carbocycles. The third-order valence-corrected chi connectivity index (χ3v) is 5.05. The quantitative estimate of drug-likeness (QED) is 0.692. The number of carbonyl (C=O) groups excluding carboxylic acids is 1. The van der Waals surface area contributed by atoms with Crippen molar-refractivity contribution in [2.24, 2.45) is 0 Å². The Morgan fingerprint density at radius 1 is 1.00 bits per heavy atom. The molecule has 2 heterocycles. The minimum absolute atomic E-state index is 0.143. The molecule has 0 saturated carbocycles. The largest absolute Gasteiger partial charge is 0.367 e. The van der Waals surface area contributed by atoms with Crippen LogP contribution in [0.15, 0.2) is 54.9 Å². The summed E-state index contributed by atoms with van der Waals surface area (Å²) < 4.78 is 1.58. The van der Waals surface area contributed by atoms with Crippen molar-refractivity contribution < 1.29 is 4.79 Å². The average molecular weight is 383 g/mol. The van der Waals surface area contributed by atoms with Gasteiger partial charge in [0.25, 0.3) is 0 Å². The van der Waals surface area contributed by atoms with E-state index in [1.807, 2.05) is 53.4 Å². The van der Waals surface area contributed by atoms with E-state index in [0.29, 0.717) is 19.5 Å². The molecule has 27 heavy (non-hydrogen) atoms. The molecule has 0 N–H and O–H groups in total. The van der Waals surface area contributed by atoms with E-state index in [2.05, 4.69) is 20.4 Å². The monoisotopic (exact) mass is 382 g/mol. The third kappa shape index (κ3) is 3.93. The Morgan fingerprint density at radius 3 is 2.41 bits per heavy atom. The van der Waals surface area contributed by atoms with Gasteiger partial charge in [-0.05, 0) is 40.3 Å². The van der Waals surface area contributed by atoms with E-state index in [1.165, 1.54) is 0 Å². The first-order valence-electron chi connectivity index (χ1n) is 8.80. The number of tetrazole rings is 1. The lowest BCUT2D eigenvalue weighted by Crippen LogP contribution is -2.49. The number of anilines is 1. The van der Waals surface area contributed by atoms with Crippen molar-refractivity contribution in [3.8, 4) is 5.69 Å². The zero-order valence-electron chi connectivity index (χ0n) is 14.7. The number of aromatic nitrogens is 4. The molecule has 1 fully saturated rings. The highest BCUT2D eigenvalue weighted by Gasteiger charge is 2.22. The van der Waals surface area contributed by atoms with Crippen LogP contribution in [-0.2, 0) is 11.2 Å². The number of hydrogen-bond acceptors (Lipinski definition) is 5. The van der Waals surface area contributed by atoms with Crippen molar-refractivity contribution in [2.75, 3.05) is 31.1 Å². The molecule has 8 heteroatoms. The van der Waals surface area contributed by atoms with Crippen molar-refractivity contribution in [3.05, 3.63) is 65.4 Å². The predicted molar refractivity (Wildman–Crippen MR) is 103 cm³/mol. The molecule has 1 aliphatic rings. The van der Waals surface area contributed by atoms with Gasteiger partial charge in [0.15, 0.2) is 0 Å². The van der Waals surface area contributed by atoms with Gasteiger partial charge >= 0.3 is 0 Å². The summed E-state index contributed by atoms with van der Waals surface area (Å²) in [6, 6.07) is 15.5. The van der Waals surface area contributed by atoms with E-state index >= 15 is 0 Å². The molecular weight excluding hydrogens is 364 g/mol. The summed E-state index contributed by atoms with van der Waals surface area (Å²) in [6.07, 6.45) is 1.93. The second-order valence-corrected chi connectivity index (χ2v) is 6.82. The summed E-state index contributed by atoms with van der Waals surface area (Å²) in [5, 5.41) is 11.9. The van der Waals surface area contributed by atoms with Crippen LogP contribution in [0.2, 0.25) is 5.02 Å². The first-order chi connectivity index (χ1) is 13.2. The molecule has 1 aliphatic heterocycles. The number of piperazine rings is 1. The molecule has 1 aromatic heterocycles. The highest BCUT2D eigenvalue weighted by atomic mass is 35.5. The lowest BCUT2D eigenvalue weighted by molar-refractivity contribution is -0.130. The van der Waals surface area contributed by atoms with Crippen molar-refractivity contribution in [3.63, 3.8) is 0 Å². The van der Waals surface area contributed by atoms with Crippen molar-refractivity contribution >= 4 is 23.2 Å². The van der Waals surface area contributed by atoms with Crippen LogP contribution in [0.1, 0.15) is 5.56 Å². The van der Waals surface area contributed by atoms with E-state index in [9.17, 15) is 4.79 Å². The lowest BCUT2D eigenvalue weighted by atomic mass is 10.1. The van der Waals surface area contributed by atoms with E-state index in [1.54, 1.807) is 11.0 Å². The van der Waals surface area contributed by atoms with Crippen LogP contribution < -0.4 is 4.90 Å². The molecule has 0 bridgehead atoms. The normalized spacial score (nSPS) is 14.4. The molecular formula is C19H19ClN6O. The van der Waals surface area contributed by atoms with Gasteiger partial charge in [0.2, 0.25) is 5.91 Å². The van der Waals surface area contributed by atoms with Crippen LogP contribution in [0.5, 0.6) is 0 Å².